The summed E-state index contributed by atoms with van der Waals surface area (Å²) in [7, 11) is 0. The Balaban J connectivity index is 1.42. The van der Waals surface area contributed by atoms with Gasteiger partial charge in [-0.1, -0.05) is 6.07 Å². The number of nitrogens with one attached hydrogen (secondary N) is 1. The van der Waals surface area contributed by atoms with Gasteiger partial charge in [-0.25, -0.2) is 23.1 Å². The van der Waals surface area contributed by atoms with Crippen molar-refractivity contribution in [2.75, 3.05) is 18.0 Å². The second kappa shape index (κ2) is 8.37. The number of hydrogen-bond donors (Lipinski definition) is 1. The number of halogens is 3. The van der Waals surface area contributed by atoms with Gasteiger partial charge >= 0.3 is 0 Å². The van der Waals surface area contributed by atoms with E-state index in [9.17, 15) is 13.2 Å². The molecule has 1 saturated heterocycles. The molecule has 0 bridgehead atoms. The molecule has 4 rings (SSSR count). The maximum atomic E-state index is 13.8. The van der Waals surface area contributed by atoms with Crippen LogP contribution in [0.4, 0.5) is 19.1 Å². The van der Waals surface area contributed by atoms with Crippen molar-refractivity contribution in [3.63, 3.8) is 0 Å². The van der Waals surface area contributed by atoms with E-state index in [1.54, 1.807) is 6.07 Å². The quantitative estimate of drug-likeness (QED) is 0.700. The van der Waals surface area contributed by atoms with E-state index in [0.29, 0.717) is 18.1 Å². The predicted molar refractivity (Wildman–Crippen MR) is 107 cm³/mol. The van der Waals surface area contributed by atoms with E-state index in [1.165, 1.54) is 24.3 Å². The third-order valence-corrected chi connectivity index (χ3v) is 5.44. The normalized spacial score (nSPS) is 17.5. The Morgan fingerprint density at radius 3 is 2.62 bits per heavy atom. The maximum absolute atomic E-state index is 13.8. The van der Waals surface area contributed by atoms with Crippen LogP contribution in [-0.4, -0.2) is 29.1 Å². The molecule has 1 unspecified atom stereocenters. The van der Waals surface area contributed by atoms with Crippen LogP contribution in [0.25, 0.3) is 10.9 Å². The highest BCUT2D eigenvalue weighted by Gasteiger charge is 2.20. The minimum atomic E-state index is -0.565. The predicted octanol–water partition coefficient (Wildman–Crippen LogP) is 4.50. The molecule has 152 valence electrons. The van der Waals surface area contributed by atoms with Crippen molar-refractivity contribution in [1.29, 1.82) is 0 Å². The molecule has 0 spiro atoms. The zero-order valence-electron chi connectivity index (χ0n) is 16.3. The Morgan fingerprint density at radius 2 is 1.79 bits per heavy atom. The van der Waals surface area contributed by atoms with E-state index >= 15 is 0 Å². The van der Waals surface area contributed by atoms with Gasteiger partial charge in [0.05, 0.1) is 11.2 Å². The summed E-state index contributed by atoms with van der Waals surface area (Å²) >= 11 is 0. The lowest BCUT2D eigenvalue weighted by molar-refractivity contribution is 0.461. The first-order valence-corrected chi connectivity index (χ1v) is 9.86. The molecule has 3 aromatic rings. The van der Waals surface area contributed by atoms with Crippen LogP contribution in [-0.2, 0) is 6.54 Å². The minimum absolute atomic E-state index is 0.236. The van der Waals surface area contributed by atoms with Gasteiger partial charge in [0, 0.05) is 42.7 Å². The molecule has 0 saturated carbocycles. The summed E-state index contributed by atoms with van der Waals surface area (Å²) in [6.45, 7) is 3.84. The van der Waals surface area contributed by atoms with Crippen molar-refractivity contribution < 1.29 is 13.2 Å². The van der Waals surface area contributed by atoms with Crippen molar-refractivity contribution in [2.24, 2.45) is 0 Å². The van der Waals surface area contributed by atoms with Crippen LogP contribution in [0.1, 0.15) is 30.5 Å². The standard InChI is InChI=1S/C22H23F3N4/c1-14-19-11-16(23)6-7-21(19)28-22(27-14)29-9-2-3-18(8-10-29)26-13-15-4-5-17(24)12-20(15)25/h4-7,11-12,18,26H,2-3,8-10,13H2,1H3. The maximum Gasteiger partial charge on any atom is 0.226 e. The Kier molecular flexibility index (Phi) is 5.67. The summed E-state index contributed by atoms with van der Waals surface area (Å²) in [4.78, 5) is 11.4. The fourth-order valence-electron chi connectivity index (χ4n) is 3.80. The molecule has 0 radical (unpaired) electrons. The third-order valence-electron chi connectivity index (χ3n) is 5.44. The van der Waals surface area contributed by atoms with E-state index in [2.05, 4.69) is 20.2 Å². The molecule has 0 aliphatic carbocycles. The Labute approximate surface area is 167 Å². The summed E-state index contributed by atoms with van der Waals surface area (Å²) < 4.78 is 40.4. The molecule has 1 aromatic heterocycles. The molecule has 1 aliphatic heterocycles. The molecular formula is C22H23F3N4. The lowest BCUT2D eigenvalue weighted by atomic mass is 10.1. The number of nitrogens with zero attached hydrogens (tertiary/aromatic N) is 3. The first-order valence-electron chi connectivity index (χ1n) is 9.86. The van der Waals surface area contributed by atoms with Gasteiger partial charge < -0.3 is 10.2 Å². The fourth-order valence-corrected chi connectivity index (χ4v) is 3.80. The average molecular weight is 400 g/mol. The molecule has 4 nitrogen and oxygen atoms in total. The van der Waals surface area contributed by atoms with Gasteiger partial charge in [-0.3, -0.25) is 0 Å². The topological polar surface area (TPSA) is 41.1 Å². The number of fused-ring (bicyclic) bond motifs is 1. The van der Waals surface area contributed by atoms with Crippen molar-refractivity contribution in [1.82, 2.24) is 15.3 Å². The number of rotatable bonds is 4. The number of anilines is 1. The fraction of sp³-hybridized carbons (Fsp3) is 0.364. The van der Waals surface area contributed by atoms with E-state index in [1.807, 2.05) is 6.92 Å². The van der Waals surface area contributed by atoms with Crippen molar-refractivity contribution in [2.45, 2.75) is 38.8 Å². The summed E-state index contributed by atoms with van der Waals surface area (Å²) in [5.41, 5.74) is 1.96. The highest BCUT2D eigenvalue weighted by Crippen LogP contribution is 2.22. The molecule has 29 heavy (non-hydrogen) atoms. The van der Waals surface area contributed by atoms with Crippen LogP contribution in [0.5, 0.6) is 0 Å². The summed E-state index contributed by atoms with van der Waals surface area (Å²) in [6, 6.07) is 8.47. The van der Waals surface area contributed by atoms with Gasteiger partial charge in [0.1, 0.15) is 17.5 Å². The molecule has 0 amide bonds. The lowest BCUT2D eigenvalue weighted by Gasteiger charge is -2.21. The first kappa shape index (κ1) is 19.6. The number of aromatic nitrogens is 2. The van der Waals surface area contributed by atoms with Crippen molar-refractivity contribution in [3.05, 3.63) is 65.1 Å². The third kappa shape index (κ3) is 4.50. The smallest absolute Gasteiger partial charge is 0.226 e. The highest BCUT2D eigenvalue weighted by atomic mass is 19.1. The van der Waals surface area contributed by atoms with Gasteiger partial charge in [0.25, 0.3) is 0 Å². The van der Waals surface area contributed by atoms with E-state index in [4.69, 9.17) is 0 Å². The SMILES string of the molecule is Cc1nc(N2CCCC(NCc3ccc(F)cc3F)CC2)nc2ccc(F)cc12. The molecule has 1 atom stereocenters. The van der Waals surface area contributed by atoms with Crippen LogP contribution >= 0.6 is 0 Å². The zero-order chi connectivity index (χ0) is 20.4. The van der Waals surface area contributed by atoms with E-state index in [0.717, 1.165) is 55.0 Å². The van der Waals surface area contributed by atoms with Crippen LogP contribution < -0.4 is 10.2 Å². The Morgan fingerprint density at radius 1 is 1.00 bits per heavy atom. The van der Waals surface area contributed by atoms with Crippen LogP contribution in [0, 0.1) is 24.4 Å². The second-order valence-corrected chi connectivity index (χ2v) is 7.50. The van der Waals surface area contributed by atoms with Gasteiger partial charge in [0.2, 0.25) is 5.95 Å². The lowest BCUT2D eigenvalue weighted by Crippen LogP contribution is -2.31. The second-order valence-electron chi connectivity index (χ2n) is 7.50. The average Bonchev–Trinajstić information content (AvgIpc) is 2.93. The number of benzene rings is 2. The Bertz CT molecular complexity index is 1020. The molecule has 7 heteroatoms. The van der Waals surface area contributed by atoms with Crippen molar-refractivity contribution in [3.8, 4) is 0 Å². The van der Waals surface area contributed by atoms with Gasteiger partial charge in [0.15, 0.2) is 0 Å². The van der Waals surface area contributed by atoms with Gasteiger partial charge in [-0.15, -0.1) is 0 Å². The number of aryl methyl sites for hydroxylation is 1. The number of hydrogen-bond acceptors (Lipinski definition) is 4. The molecule has 2 aromatic carbocycles. The monoisotopic (exact) mass is 400 g/mol. The van der Waals surface area contributed by atoms with Crippen molar-refractivity contribution >= 4 is 16.9 Å². The van der Waals surface area contributed by atoms with E-state index < -0.39 is 11.6 Å². The Hall–Kier alpha value is -2.67. The van der Waals surface area contributed by atoms with Gasteiger partial charge in [-0.2, -0.15) is 0 Å². The van der Waals surface area contributed by atoms with Crippen LogP contribution in [0.2, 0.25) is 0 Å². The highest BCUT2D eigenvalue weighted by molar-refractivity contribution is 5.81. The first-order chi connectivity index (χ1) is 14.0. The molecule has 1 aliphatic rings. The largest absolute Gasteiger partial charge is 0.341 e. The summed E-state index contributed by atoms with van der Waals surface area (Å²) in [5, 5.41) is 4.11. The minimum Gasteiger partial charge on any atom is -0.341 e. The summed E-state index contributed by atoms with van der Waals surface area (Å²) in [5.74, 6) is -0.723. The summed E-state index contributed by atoms with van der Waals surface area (Å²) in [6.07, 6.45) is 2.77. The van der Waals surface area contributed by atoms with Crippen LogP contribution in [0.15, 0.2) is 36.4 Å². The molecule has 1 fully saturated rings. The molecular weight excluding hydrogens is 377 g/mol. The zero-order valence-corrected chi connectivity index (χ0v) is 16.3. The molecule has 1 N–H and O–H groups in total. The van der Waals surface area contributed by atoms with Crippen LogP contribution in [0.3, 0.4) is 0 Å². The van der Waals surface area contributed by atoms with Gasteiger partial charge in [-0.05, 0) is 50.5 Å². The van der Waals surface area contributed by atoms with E-state index in [-0.39, 0.29) is 11.9 Å². The molecule has 2 heterocycles.